The molecule has 132 valence electrons. The molecule has 1 aromatic heterocycles. The van der Waals surface area contributed by atoms with Crippen LogP contribution in [0.15, 0.2) is 34.7 Å². The topological polar surface area (TPSA) is 107 Å². The fourth-order valence-corrected chi connectivity index (χ4v) is 2.04. The third kappa shape index (κ3) is 5.10. The second kappa shape index (κ2) is 8.00. The number of carbonyl (C=O) groups excluding carboxylic acids is 3. The number of esters is 1. The van der Waals surface area contributed by atoms with Crippen molar-refractivity contribution in [2.45, 2.75) is 13.8 Å². The van der Waals surface area contributed by atoms with Gasteiger partial charge in [-0.25, -0.2) is 9.59 Å². The number of benzene rings is 1. The van der Waals surface area contributed by atoms with Crippen molar-refractivity contribution >= 4 is 23.6 Å². The van der Waals surface area contributed by atoms with Gasteiger partial charge in [0.15, 0.2) is 6.61 Å². The van der Waals surface area contributed by atoms with E-state index in [9.17, 15) is 14.4 Å². The number of amides is 3. The maximum atomic E-state index is 11.8. The number of rotatable bonds is 5. The molecule has 0 atom stereocenters. The van der Waals surface area contributed by atoms with Crippen LogP contribution in [0.2, 0.25) is 0 Å². The normalized spacial score (nSPS) is 10.0. The first-order valence-corrected chi connectivity index (χ1v) is 7.38. The summed E-state index contributed by atoms with van der Waals surface area (Å²) in [6.45, 7) is 2.73. The lowest BCUT2D eigenvalue weighted by Crippen LogP contribution is -2.37. The molecule has 2 rings (SSSR count). The Hall–Kier alpha value is -3.29. The van der Waals surface area contributed by atoms with Crippen LogP contribution in [0.5, 0.6) is 5.75 Å². The van der Waals surface area contributed by atoms with Gasteiger partial charge >= 0.3 is 12.0 Å². The number of furan rings is 1. The Balaban J connectivity index is 1.80. The van der Waals surface area contributed by atoms with Crippen LogP contribution in [0.25, 0.3) is 0 Å². The van der Waals surface area contributed by atoms with Gasteiger partial charge in [0.2, 0.25) is 0 Å². The summed E-state index contributed by atoms with van der Waals surface area (Å²) in [4.78, 5) is 35.2. The molecule has 0 bridgehead atoms. The average Bonchev–Trinajstić information content (AvgIpc) is 2.91. The smallest absolute Gasteiger partial charge is 0.342 e. The van der Waals surface area contributed by atoms with Crippen LogP contribution >= 0.6 is 0 Å². The predicted molar refractivity (Wildman–Crippen MR) is 88.6 cm³/mol. The van der Waals surface area contributed by atoms with Gasteiger partial charge < -0.3 is 19.2 Å². The van der Waals surface area contributed by atoms with Gasteiger partial charge in [0.1, 0.15) is 22.8 Å². The van der Waals surface area contributed by atoms with Gasteiger partial charge in [0.25, 0.3) is 5.91 Å². The van der Waals surface area contributed by atoms with E-state index in [0.717, 1.165) is 0 Å². The Morgan fingerprint density at radius 1 is 1.12 bits per heavy atom. The molecule has 8 heteroatoms. The summed E-state index contributed by atoms with van der Waals surface area (Å²) >= 11 is 0. The Kier molecular flexibility index (Phi) is 5.78. The SMILES string of the molecule is COc1ccc(NC(=O)NC(=O)COC(=O)c2cc(C)oc2C)cc1. The van der Waals surface area contributed by atoms with Crippen molar-refractivity contribution in [2.75, 3.05) is 19.0 Å². The quantitative estimate of drug-likeness (QED) is 0.805. The summed E-state index contributed by atoms with van der Waals surface area (Å²) < 4.78 is 15.1. The molecule has 0 aliphatic heterocycles. The number of anilines is 1. The molecule has 25 heavy (non-hydrogen) atoms. The average molecular weight is 346 g/mol. The number of methoxy groups -OCH3 is 1. The molecule has 0 fully saturated rings. The van der Waals surface area contributed by atoms with Crippen molar-refractivity contribution in [2.24, 2.45) is 0 Å². The molecule has 0 radical (unpaired) electrons. The molecule has 3 amide bonds. The Morgan fingerprint density at radius 3 is 2.36 bits per heavy atom. The van der Waals surface area contributed by atoms with Gasteiger partial charge in [-0.05, 0) is 44.2 Å². The molecule has 0 spiro atoms. The highest BCUT2D eigenvalue weighted by molar-refractivity contribution is 6.02. The van der Waals surface area contributed by atoms with E-state index in [0.29, 0.717) is 23.0 Å². The summed E-state index contributed by atoms with van der Waals surface area (Å²) in [6, 6.07) is 7.34. The summed E-state index contributed by atoms with van der Waals surface area (Å²) in [5.74, 6) is 0.156. The monoisotopic (exact) mass is 346 g/mol. The molecule has 0 saturated heterocycles. The second-order valence-corrected chi connectivity index (χ2v) is 5.13. The summed E-state index contributed by atoms with van der Waals surface area (Å²) in [6.07, 6.45) is 0. The van der Waals surface area contributed by atoms with E-state index in [4.69, 9.17) is 13.9 Å². The highest BCUT2D eigenvalue weighted by Gasteiger charge is 2.17. The highest BCUT2D eigenvalue weighted by Crippen LogP contribution is 2.15. The van der Waals surface area contributed by atoms with Gasteiger partial charge in [-0.3, -0.25) is 10.1 Å². The fourth-order valence-electron chi connectivity index (χ4n) is 2.04. The lowest BCUT2D eigenvalue weighted by atomic mass is 10.2. The molecule has 2 aromatic rings. The molecule has 0 unspecified atom stereocenters. The lowest BCUT2D eigenvalue weighted by molar-refractivity contribution is -0.123. The number of aryl methyl sites for hydroxylation is 2. The molecular weight excluding hydrogens is 328 g/mol. The fraction of sp³-hybridized carbons (Fsp3) is 0.235. The van der Waals surface area contributed by atoms with E-state index in [1.165, 1.54) is 13.2 Å². The van der Waals surface area contributed by atoms with E-state index >= 15 is 0 Å². The lowest BCUT2D eigenvalue weighted by Gasteiger charge is -2.08. The minimum Gasteiger partial charge on any atom is -0.497 e. The zero-order valence-electron chi connectivity index (χ0n) is 14.0. The van der Waals surface area contributed by atoms with Crippen LogP contribution in [0.4, 0.5) is 10.5 Å². The highest BCUT2D eigenvalue weighted by atomic mass is 16.5. The number of ether oxygens (including phenoxy) is 2. The molecule has 8 nitrogen and oxygen atoms in total. The van der Waals surface area contributed by atoms with E-state index in [1.807, 2.05) is 0 Å². The van der Waals surface area contributed by atoms with Crippen molar-refractivity contribution in [1.29, 1.82) is 0 Å². The summed E-state index contributed by atoms with van der Waals surface area (Å²) in [5.41, 5.74) is 0.723. The van der Waals surface area contributed by atoms with E-state index in [2.05, 4.69) is 10.6 Å². The largest absolute Gasteiger partial charge is 0.497 e. The van der Waals surface area contributed by atoms with Crippen LogP contribution in [0, 0.1) is 13.8 Å². The number of imide groups is 1. The number of hydrogen-bond donors (Lipinski definition) is 2. The minimum absolute atomic E-state index is 0.244. The molecule has 0 saturated carbocycles. The van der Waals surface area contributed by atoms with Crippen molar-refractivity contribution in [1.82, 2.24) is 5.32 Å². The maximum Gasteiger partial charge on any atom is 0.342 e. The second-order valence-electron chi connectivity index (χ2n) is 5.13. The van der Waals surface area contributed by atoms with Crippen molar-refractivity contribution in [3.63, 3.8) is 0 Å². The third-order valence-corrected chi connectivity index (χ3v) is 3.20. The third-order valence-electron chi connectivity index (χ3n) is 3.20. The molecule has 2 N–H and O–H groups in total. The molecule has 0 aliphatic rings. The Labute approximate surface area is 144 Å². The minimum atomic E-state index is -0.753. The van der Waals surface area contributed by atoms with E-state index in [-0.39, 0.29) is 5.56 Å². The molecule has 1 aromatic carbocycles. The zero-order chi connectivity index (χ0) is 18.4. The van der Waals surface area contributed by atoms with Crippen molar-refractivity contribution in [3.05, 3.63) is 47.4 Å². The van der Waals surface area contributed by atoms with E-state index < -0.39 is 24.5 Å². The van der Waals surface area contributed by atoms with Gasteiger partial charge in [0, 0.05) is 5.69 Å². The van der Waals surface area contributed by atoms with Crippen molar-refractivity contribution < 1.29 is 28.3 Å². The van der Waals surface area contributed by atoms with Gasteiger partial charge in [-0.15, -0.1) is 0 Å². The predicted octanol–water partition coefficient (Wildman–Crippen LogP) is 2.41. The Morgan fingerprint density at radius 2 is 1.80 bits per heavy atom. The number of hydrogen-bond acceptors (Lipinski definition) is 6. The number of nitrogens with one attached hydrogen (secondary N) is 2. The van der Waals surface area contributed by atoms with Crippen LogP contribution in [0.1, 0.15) is 21.9 Å². The number of carbonyl (C=O) groups is 3. The first-order chi connectivity index (χ1) is 11.9. The van der Waals surface area contributed by atoms with Crippen LogP contribution < -0.4 is 15.4 Å². The van der Waals surface area contributed by atoms with Gasteiger partial charge in [-0.2, -0.15) is 0 Å². The van der Waals surface area contributed by atoms with Crippen molar-refractivity contribution in [3.8, 4) is 5.75 Å². The first kappa shape index (κ1) is 18.1. The maximum absolute atomic E-state index is 11.8. The standard InChI is InChI=1S/C17H18N2O6/c1-10-8-14(11(2)25-10)16(21)24-9-15(20)19-17(22)18-12-4-6-13(23-3)7-5-12/h4-8H,9H2,1-3H3,(H2,18,19,20,22). The van der Waals surface area contributed by atoms with Crippen LogP contribution in [-0.4, -0.2) is 31.6 Å². The van der Waals surface area contributed by atoms with Gasteiger partial charge in [0.05, 0.1) is 7.11 Å². The first-order valence-electron chi connectivity index (χ1n) is 7.38. The molecule has 0 aliphatic carbocycles. The molecular formula is C17H18N2O6. The summed E-state index contributed by atoms with van der Waals surface area (Å²) in [7, 11) is 1.53. The molecule has 1 heterocycles. The Bertz CT molecular complexity index is 779. The van der Waals surface area contributed by atoms with Crippen LogP contribution in [0.3, 0.4) is 0 Å². The van der Waals surface area contributed by atoms with Gasteiger partial charge in [-0.1, -0.05) is 0 Å². The van der Waals surface area contributed by atoms with E-state index in [1.54, 1.807) is 38.1 Å². The van der Waals surface area contributed by atoms with Crippen LogP contribution in [-0.2, 0) is 9.53 Å². The summed E-state index contributed by atoms with van der Waals surface area (Å²) in [5, 5.41) is 4.54. The number of urea groups is 1. The zero-order valence-corrected chi connectivity index (χ0v) is 14.0.